The summed E-state index contributed by atoms with van der Waals surface area (Å²) in [5.74, 6) is -1.59. The van der Waals surface area contributed by atoms with E-state index in [1.807, 2.05) is 19.0 Å². The van der Waals surface area contributed by atoms with E-state index in [-0.39, 0.29) is 18.4 Å². The van der Waals surface area contributed by atoms with Crippen LogP contribution in [0.1, 0.15) is 26.7 Å². The van der Waals surface area contributed by atoms with Crippen LogP contribution < -0.4 is 10.6 Å². The van der Waals surface area contributed by atoms with Crippen molar-refractivity contribution in [3.8, 4) is 0 Å². The molecule has 0 fully saturated rings. The minimum atomic E-state index is -1.06. The van der Waals surface area contributed by atoms with Crippen molar-refractivity contribution >= 4 is 17.8 Å². The molecule has 0 rings (SSSR count). The molecule has 21 heavy (non-hydrogen) atoms. The number of aliphatic carboxylic acids is 1. The second-order valence-corrected chi connectivity index (χ2v) is 4.74. The van der Waals surface area contributed by atoms with Crippen LogP contribution >= 0.6 is 0 Å². The van der Waals surface area contributed by atoms with E-state index < -0.39 is 12.0 Å². The lowest BCUT2D eigenvalue weighted by Crippen LogP contribution is -2.40. The van der Waals surface area contributed by atoms with Crippen molar-refractivity contribution in [2.75, 3.05) is 33.8 Å². The van der Waals surface area contributed by atoms with Crippen LogP contribution in [0, 0.1) is 0 Å². The first-order valence-electron chi connectivity index (χ1n) is 6.70. The highest BCUT2D eigenvalue weighted by Gasteiger charge is 2.17. The van der Waals surface area contributed by atoms with Gasteiger partial charge in [-0.15, -0.1) is 0 Å². The van der Waals surface area contributed by atoms with E-state index in [1.165, 1.54) is 13.8 Å². The van der Waals surface area contributed by atoms with E-state index in [0.717, 1.165) is 6.54 Å². The Morgan fingerprint density at radius 3 is 2.00 bits per heavy atom. The van der Waals surface area contributed by atoms with Crippen molar-refractivity contribution in [1.82, 2.24) is 15.5 Å². The highest BCUT2D eigenvalue weighted by Crippen LogP contribution is 1.96. The van der Waals surface area contributed by atoms with Crippen molar-refractivity contribution in [3.05, 3.63) is 0 Å². The average molecular weight is 305 g/mol. The third kappa shape index (κ3) is 18.3. The van der Waals surface area contributed by atoms with Gasteiger partial charge >= 0.3 is 5.97 Å². The summed E-state index contributed by atoms with van der Waals surface area (Å²) in [6.07, 6.45) is 0.812. The molecule has 0 aromatic heterocycles. The Morgan fingerprint density at radius 1 is 1.14 bits per heavy atom. The molecule has 1 atom stereocenters. The molecule has 0 saturated carbocycles. The summed E-state index contributed by atoms with van der Waals surface area (Å²) < 4.78 is 0. The maximum atomic E-state index is 10.7. The molecule has 0 aliphatic carbocycles. The first-order valence-corrected chi connectivity index (χ1v) is 6.70. The number of hydrogen-bond acceptors (Lipinski definition) is 5. The molecule has 0 aromatic carbocycles. The molecule has 0 unspecified atom stereocenters. The molecule has 0 aromatic rings. The van der Waals surface area contributed by atoms with Crippen LogP contribution in [0.25, 0.3) is 0 Å². The van der Waals surface area contributed by atoms with E-state index in [4.69, 9.17) is 10.2 Å². The van der Waals surface area contributed by atoms with Crippen molar-refractivity contribution in [2.45, 2.75) is 32.7 Å². The molecule has 4 N–H and O–H groups in total. The number of rotatable bonds is 8. The van der Waals surface area contributed by atoms with Gasteiger partial charge in [0.1, 0.15) is 6.04 Å². The van der Waals surface area contributed by atoms with E-state index >= 15 is 0 Å². The van der Waals surface area contributed by atoms with Gasteiger partial charge in [-0.25, -0.2) is 4.79 Å². The SMILES string of the molecule is CC(=O)NCCC[C@H](NC(C)=O)C(=O)O.CN(C)CCO. The number of likely N-dealkylation sites (N-methyl/N-ethyl adjacent to an activating group) is 1. The van der Waals surface area contributed by atoms with Gasteiger partial charge in [-0.05, 0) is 26.9 Å². The number of amides is 2. The van der Waals surface area contributed by atoms with Gasteiger partial charge in [-0.2, -0.15) is 0 Å². The standard InChI is InChI=1S/C9H16N2O4.C4H11NO/c1-6(12)10-5-3-4-8(9(14)15)11-7(2)13;1-5(2)3-4-6/h8H,3-5H2,1-2H3,(H,10,12)(H,11,13)(H,14,15);6H,3-4H2,1-2H3/t8-;/m0./s1. The molecule has 0 heterocycles. The largest absolute Gasteiger partial charge is 0.480 e. The first kappa shape index (κ1) is 21.6. The molecule has 8 nitrogen and oxygen atoms in total. The van der Waals surface area contributed by atoms with Crippen molar-refractivity contribution in [2.24, 2.45) is 0 Å². The third-order valence-electron chi connectivity index (χ3n) is 2.27. The molecule has 0 aliphatic heterocycles. The molecule has 8 heteroatoms. The maximum absolute atomic E-state index is 10.7. The van der Waals surface area contributed by atoms with Gasteiger partial charge in [0.25, 0.3) is 0 Å². The van der Waals surface area contributed by atoms with Crippen LogP contribution in [0.5, 0.6) is 0 Å². The van der Waals surface area contributed by atoms with Gasteiger partial charge in [-0.1, -0.05) is 0 Å². The monoisotopic (exact) mass is 305 g/mol. The lowest BCUT2D eigenvalue weighted by atomic mass is 10.1. The fourth-order valence-electron chi connectivity index (χ4n) is 1.27. The molecule has 124 valence electrons. The molecule has 0 bridgehead atoms. The highest BCUT2D eigenvalue weighted by molar-refractivity contribution is 5.82. The molecular formula is C13H27N3O5. The van der Waals surface area contributed by atoms with Gasteiger partial charge < -0.3 is 25.7 Å². The Kier molecular flexibility index (Phi) is 13.7. The number of carboxylic acids is 1. The van der Waals surface area contributed by atoms with Crippen molar-refractivity contribution in [3.63, 3.8) is 0 Å². The number of carbonyl (C=O) groups excluding carboxylic acids is 2. The highest BCUT2D eigenvalue weighted by atomic mass is 16.4. The zero-order valence-electron chi connectivity index (χ0n) is 13.2. The second-order valence-electron chi connectivity index (χ2n) is 4.74. The molecule has 2 amide bonds. The molecular weight excluding hydrogens is 278 g/mol. The summed E-state index contributed by atoms with van der Waals surface area (Å²) in [5, 5.41) is 21.8. The minimum absolute atomic E-state index is 0.151. The fourth-order valence-corrected chi connectivity index (χ4v) is 1.27. The molecule has 0 spiro atoms. The van der Waals surface area contributed by atoms with Crippen LogP contribution in [-0.4, -0.2) is 72.7 Å². The predicted octanol–water partition coefficient (Wildman–Crippen LogP) is -0.968. The van der Waals surface area contributed by atoms with Crippen LogP contribution in [0.4, 0.5) is 0 Å². The summed E-state index contributed by atoms with van der Waals surface area (Å²) in [4.78, 5) is 33.7. The lowest BCUT2D eigenvalue weighted by Gasteiger charge is -2.12. The number of nitrogens with zero attached hydrogens (tertiary/aromatic N) is 1. The number of carboxylic acid groups (broad SMARTS) is 1. The average Bonchev–Trinajstić information content (AvgIpc) is 2.32. The first-order chi connectivity index (χ1) is 9.70. The summed E-state index contributed by atoms with van der Waals surface area (Å²) in [7, 11) is 3.85. The molecule has 0 saturated heterocycles. The van der Waals surface area contributed by atoms with Crippen LogP contribution in [0.3, 0.4) is 0 Å². The van der Waals surface area contributed by atoms with Gasteiger partial charge in [-0.3, -0.25) is 9.59 Å². The summed E-state index contributed by atoms with van der Waals surface area (Å²) in [6.45, 7) is 4.10. The van der Waals surface area contributed by atoms with Crippen molar-refractivity contribution in [1.29, 1.82) is 0 Å². The second kappa shape index (κ2) is 13.3. The Hall–Kier alpha value is -1.67. The van der Waals surface area contributed by atoms with E-state index in [1.54, 1.807) is 0 Å². The Morgan fingerprint density at radius 2 is 1.71 bits per heavy atom. The number of aliphatic hydroxyl groups excluding tert-OH is 1. The maximum Gasteiger partial charge on any atom is 0.326 e. The summed E-state index contributed by atoms with van der Waals surface area (Å²) in [6, 6.07) is -0.878. The predicted molar refractivity (Wildman–Crippen MR) is 78.8 cm³/mol. The quantitative estimate of drug-likeness (QED) is 0.429. The normalized spacial score (nSPS) is 11.1. The van der Waals surface area contributed by atoms with Crippen LogP contribution in [-0.2, 0) is 14.4 Å². The van der Waals surface area contributed by atoms with E-state index in [2.05, 4.69) is 10.6 Å². The lowest BCUT2D eigenvalue weighted by molar-refractivity contribution is -0.141. The zero-order chi connectivity index (χ0) is 16.8. The van der Waals surface area contributed by atoms with Crippen LogP contribution in [0.2, 0.25) is 0 Å². The Labute approximate surface area is 125 Å². The van der Waals surface area contributed by atoms with Gasteiger partial charge in [0.05, 0.1) is 6.61 Å². The Bertz CT molecular complexity index is 321. The number of carbonyl (C=O) groups is 3. The smallest absolute Gasteiger partial charge is 0.326 e. The summed E-state index contributed by atoms with van der Waals surface area (Å²) >= 11 is 0. The Balaban J connectivity index is 0. The van der Waals surface area contributed by atoms with Gasteiger partial charge in [0, 0.05) is 26.9 Å². The molecule has 0 aliphatic rings. The fraction of sp³-hybridized carbons (Fsp3) is 0.769. The third-order valence-corrected chi connectivity index (χ3v) is 2.27. The number of nitrogens with one attached hydrogen (secondary N) is 2. The van der Waals surface area contributed by atoms with Crippen molar-refractivity contribution < 1.29 is 24.6 Å². The molecule has 0 radical (unpaired) electrons. The minimum Gasteiger partial charge on any atom is -0.480 e. The van der Waals surface area contributed by atoms with Gasteiger partial charge in [0.15, 0.2) is 0 Å². The zero-order valence-corrected chi connectivity index (χ0v) is 13.2. The topological polar surface area (TPSA) is 119 Å². The summed E-state index contributed by atoms with van der Waals surface area (Å²) in [5.41, 5.74) is 0. The van der Waals surface area contributed by atoms with E-state index in [0.29, 0.717) is 19.4 Å². The number of aliphatic hydroxyl groups is 1. The van der Waals surface area contributed by atoms with Crippen LogP contribution in [0.15, 0.2) is 0 Å². The van der Waals surface area contributed by atoms with Gasteiger partial charge in [0.2, 0.25) is 11.8 Å². The number of hydrogen-bond donors (Lipinski definition) is 4. The van der Waals surface area contributed by atoms with E-state index in [9.17, 15) is 14.4 Å².